The van der Waals surface area contributed by atoms with E-state index in [1.807, 2.05) is 0 Å². The van der Waals surface area contributed by atoms with Gasteiger partial charge in [0.05, 0.1) is 0 Å². The van der Waals surface area contributed by atoms with Crippen molar-refractivity contribution in [3.63, 3.8) is 0 Å². The fraction of sp³-hybridized carbons (Fsp3) is 0.500. The molecule has 1 saturated heterocycles. The molecule has 1 aromatic heterocycles. The number of nitrogens with two attached hydrogens (primary N) is 1. The number of rotatable bonds is 2. The van der Waals surface area contributed by atoms with Crippen LogP contribution in [0.25, 0.3) is 0 Å². The molecule has 1 atom stereocenters. The molecule has 6 heteroatoms. The number of hydrogen-bond donors (Lipinski definition) is 2. The van der Waals surface area contributed by atoms with Crippen LogP contribution in [0.3, 0.4) is 0 Å². The first-order valence-electron chi connectivity index (χ1n) is 4.42. The molecule has 5 nitrogen and oxygen atoms in total. The van der Waals surface area contributed by atoms with Gasteiger partial charge in [0, 0.05) is 19.0 Å². The van der Waals surface area contributed by atoms with Gasteiger partial charge in [0.15, 0.2) is 5.82 Å². The Morgan fingerprint density at radius 1 is 1.79 bits per heavy atom. The lowest BCUT2D eigenvalue weighted by molar-refractivity contribution is -0.117. The summed E-state index contributed by atoms with van der Waals surface area (Å²) in [6, 6.07) is 1.79. The summed E-state index contributed by atoms with van der Waals surface area (Å²) in [7, 11) is 0. The molecule has 3 N–H and O–H groups in total. The molecule has 1 unspecified atom stereocenters. The minimum atomic E-state index is 0.0967. The smallest absolute Gasteiger partial charge is 0.228 e. The van der Waals surface area contributed by atoms with Crippen molar-refractivity contribution in [1.29, 1.82) is 0 Å². The summed E-state index contributed by atoms with van der Waals surface area (Å²) in [5.74, 6) is 1.02. The van der Waals surface area contributed by atoms with Gasteiger partial charge in [-0.2, -0.15) is 5.10 Å². The second kappa shape index (κ2) is 3.70. The van der Waals surface area contributed by atoms with Crippen LogP contribution in [0, 0.1) is 5.92 Å². The molecule has 0 aromatic carbocycles. The summed E-state index contributed by atoms with van der Waals surface area (Å²) in [4.78, 5) is 13.2. The highest BCUT2D eigenvalue weighted by molar-refractivity contribution is 9.10. The lowest BCUT2D eigenvalue weighted by Gasteiger charge is -2.11. The number of hydrogen-bond acceptors (Lipinski definition) is 3. The molecule has 14 heavy (non-hydrogen) atoms. The van der Waals surface area contributed by atoms with Gasteiger partial charge >= 0.3 is 0 Å². The molecule has 0 aliphatic carbocycles. The molecule has 2 rings (SSSR count). The van der Waals surface area contributed by atoms with Crippen LogP contribution in [0.15, 0.2) is 10.7 Å². The third-order valence-corrected chi connectivity index (χ3v) is 2.75. The van der Waals surface area contributed by atoms with E-state index in [0.717, 1.165) is 4.60 Å². The molecule has 2 heterocycles. The Morgan fingerprint density at radius 3 is 3.07 bits per heavy atom. The number of aromatic nitrogens is 2. The van der Waals surface area contributed by atoms with Crippen LogP contribution < -0.4 is 10.6 Å². The van der Waals surface area contributed by atoms with E-state index in [1.165, 1.54) is 0 Å². The average Bonchev–Trinajstić information content (AvgIpc) is 2.71. The molecule has 0 bridgehead atoms. The Kier molecular flexibility index (Phi) is 2.56. The lowest BCUT2D eigenvalue weighted by Crippen LogP contribution is -2.25. The summed E-state index contributed by atoms with van der Waals surface area (Å²) in [6.07, 6.45) is 0.529. The predicted molar refractivity (Wildman–Crippen MR) is 55.8 cm³/mol. The number of aromatic amines is 1. The lowest BCUT2D eigenvalue weighted by atomic mass is 10.1. The average molecular weight is 259 g/mol. The summed E-state index contributed by atoms with van der Waals surface area (Å²) >= 11 is 3.25. The van der Waals surface area contributed by atoms with Crippen molar-refractivity contribution in [3.8, 4) is 0 Å². The zero-order valence-electron chi connectivity index (χ0n) is 7.53. The van der Waals surface area contributed by atoms with E-state index in [4.69, 9.17) is 5.73 Å². The second-order valence-corrected chi connectivity index (χ2v) is 4.24. The normalized spacial score (nSPS) is 22.0. The molecule has 1 amide bonds. The van der Waals surface area contributed by atoms with Gasteiger partial charge in [0.1, 0.15) is 4.60 Å². The van der Waals surface area contributed by atoms with E-state index in [0.29, 0.717) is 25.3 Å². The van der Waals surface area contributed by atoms with Crippen molar-refractivity contribution >= 4 is 27.7 Å². The maximum atomic E-state index is 11.6. The summed E-state index contributed by atoms with van der Waals surface area (Å²) < 4.78 is 0.775. The topological polar surface area (TPSA) is 75.0 Å². The minimum absolute atomic E-state index is 0.0967. The first kappa shape index (κ1) is 9.67. The van der Waals surface area contributed by atoms with E-state index >= 15 is 0 Å². The largest absolute Gasteiger partial charge is 0.330 e. The highest BCUT2D eigenvalue weighted by Gasteiger charge is 2.30. The van der Waals surface area contributed by atoms with Gasteiger partial charge in [-0.1, -0.05) is 0 Å². The Hall–Kier alpha value is -0.880. The third-order valence-electron chi connectivity index (χ3n) is 2.35. The zero-order chi connectivity index (χ0) is 10.1. The van der Waals surface area contributed by atoms with Crippen LogP contribution in [-0.4, -0.2) is 29.2 Å². The molecule has 76 valence electrons. The zero-order valence-corrected chi connectivity index (χ0v) is 9.12. The van der Waals surface area contributed by atoms with Gasteiger partial charge in [0.2, 0.25) is 5.91 Å². The number of nitrogens with zero attached hydrogens (tertiary/aromatic N) is 2. The standard InChI is InChI=1S/C8H11BrN4O/c9-6-2-7(12-11-6)13-4-5(3-10)1-8(13)14/h2,5H,1,3-4,10H2,(H,11,12). The van der Waals surface area contributed by atoms with E-state index < -0.39 is 0 Å². The number of halogens is 1. The molecule has 1 aliphatic rings. The van der Waals surface area contributed by atoms with Gasteiger partial charge in [-0.3, -0.25) is 14.8 Å². The highest BCUT2D eigenvalue weighted by atomic mass is 79.9. The van der Waals surface area contributed by atoms with Gasteiger partial charge < -0.3 is 5.73 Å². The summed E-state index contributed by atoms with van der Waals surface area (Å²) in [5.41, 5.74) is 5.53. The number of nitrogens with one attached hydrogen (secondary N) is 1. The van der Waals surface area contributed by atoms with E-state index in [9.17, 15) is 4.79 Å². The monoisotopic (exact) mass is 258 g/mol. The van der Waals surface area contributed by atoms with Crippen LogP contribution in [0.5, 0.6) is 0 Å². The van der Waals surface area contributed by atoms with Crippen LogP contribution in [0.2, 0.25) is 0 Å². The Balaban J connectivity index is 2.16. The van der Waals surface area contributed by atoms with Crippen molar-refractivity contribution in [1.82, 2.24) is 10.2 Å². The Bertz CT molecular complexity index is 351. The molecule has 0 radical (unpaired) electrons. The number of H-pyrrole nitrogens is 1. The SMILES string of the molecule is NCC1CC(=O)N(c2cc(Br)[nH]n2)C1. The summed E-state index contributed by atoms with van der Waals surface area (Å²) in [6.45, 7) is 1.22. The first-order valence-corrected chi connectivity index (χ1v) is 5.21. The van der Waals surface area contributed by atoms with Crippen molar-refractivity contribution in [3.05, 3.63) is 10.7 Å². The maximum absolute atomic E-state index is 11.6. The van der Waals surface area contributed by atoms with E-state index in [2.05, 4.69) is 26.1 Å². The fourth-order valence-corrected chi connectivity index (χ4v) is 1.88. The quantitative estimate of drug-likeness (QED) is 0.811. The summed E-state index contributed by atoms with van der Waals surface area (Å²) in [5, 5.41) is 6.75. The van der Waals surface area contributed by atoms with E-state index in [1.54, 1.807) is 11.0 Å². The molecule has 1 fully saturated rings. The third kappa shape index (κ3) is 1.67. The van der Waals surface area contributed by atoms with Crippen molar-refractivity contribution < 1.29 is 4.79 Å². The molecular formula is C8H11BrN4O. The first-order chi connectivity index (χ1) is 6.70. The van der Waals surface area contributed by atoms with Crippen molar-refractivity contribution in [2.24, 2.45) is 11.7 Å². The van der Waals surface area contributed by atoms with Gasteiger partial charge in [-0.05, 0) is 28.4 Å². The Morgan fingerprint density at radius 2 is 2.57 bits per heavy atom. The number of anilines is 1. The van der Waals surface area contributed by atoms with Gasteiger partial charge in [-0.15, -0.1) is 0 Å². The maximum Gasteiger partial charge on any atom is 0.228 e. The molecule has 1 aliphatic heterocycles. The van der Waals surface area contributed by atoms with Crippen molar-refractivity contribution in [2.45, 2.75) is 6.42 Å². The number of carbonyl (C=O) groups excluding carboxylic acids is 1. The highest BCUT2D eigenvalue weighted by Crippen LogP contribution is 2.24. The van der Waals surface area contributed by atoms with Crippen LogP contribution >= 0.6 is 15.9 Å². The van der Waals surface area contributed by atoms with E-state index in [-0.39, 0.29) is 11.8 Å². The molecular weight excluding hydrogens is 248 g/mol. The second-order valence-electron chi connectivity index (χ2n) is 3.38. The van der Waals surface area contributed by atoms with Crippen LogP contribution in [0.4, 0.5) is 5.82 Å². The predicted octanol–water partition coefficient (Wildman–Crippen LogP) is 0.484. The number of amides is 1. The molecule has 0 spiro atoms. The molecule has 0 saturated carbocycles. The number of carbonyl (C=O) groups is 1. The van der Waals surface area contributed by atoms with Crippen LogP contribution in [0.1, 0.15) is 6.42 Å². The van der Waals surface area contributed by atoms with Crippen LogP contribution in [-0.2, 0) is 4.79 Å². The Labute approximate surface area is 89.8 Å². The van der Waals surface area contributed by atoms with Gasteiger partial charge in [-0.25, -0.2) is 0 Å². The van der Waals surface area contributed by atoms with Crippen molar-refractivity contribution in [2.75, 3.05) is 18.0 Å². The minimum Gasteiger partial charge on any atom is -0.330 e. The molecule has 1 aromatic rings. The van der Waals surface area contributed by atoms with Gasteiger partial charge in [0.25, 0.3) is 0 Å². The fourth-order valence-electron chi connectivity index (χ4n) is 1.59.